The molecule has 0 radical (unpaired) electrons. The first kappa shape index (κ1) is 11.7. The maximum absolute atomic E-state index is 10.9. The average Bonchev–Trinajstić information content (AvgIpc) is 2.27. The fourth-order valence-electron chi connectivity index (χ4n) is 2.24. The number of nitrogens with zero attached hydrogens (tertiary/aromatic N) is 2. The lowest BCUT2D eigenvalue weighted by Gasteiger charge is -2.22. The number of allylic oxidation sites excluding steroid dienone is 1. The largest absolute Gasteiger partial charge is 0.389 e. The molecule has 5 heteroatoms. The standard InChI is InChI=1S/C12H14N2O3/c1-8-4-9(6-10(15)5-8)11-2-3-13-7-12(11)14(16)17/h2-3,6-8,10,15H,4-5H2,1H3/t8?,10-/m0/s1. The van der Waals surface area contributed by atoms with Crippen LogP contribution in [-0.4, -0.2) is 21.1 Å². The number of aromatic nitrogens is 1. The van der Waals surface area contributed by atoms with Gasteiger partial charge in [0.25, 0.3) is 5.69 Å². The van der Waals surface area contributed by atoms with Crippen molar-refractivity contribution >= 4 is 11.3 Å². The van der Waals surface area contributed by atoms with Crippen molar-refractivity contribution < 1.29 is 10.0 Å². The summed E-state index contributed by atoms with van der Waals surface area (Å²) in [4.78, 5) is 14.2. The summed E-state index contributed by atoms with van der Waals surface area (Å²) in [7, 11) is 0. The van der Waals surface area contributed by atoms with Gasteiger partial charge >= 0.3 is 0 Å². The summed E-state index contributed by atoms with van der Waals surface area (Å²) >= 11 is 0. The number of nitro groups is 1. The van der Waals surface area contributed by atoms with E-state index in [-0.39, 0.29) is 5.69 Å². The van der Waals surface area contributed by atoms with Crippen LogP contribution in [0, 0.1) is 16.0 Å². The van der Waals surface area contributed by atoms with E-state index in [2.05, 4.69) is 4.98 Å². The van der Waals surface area contributed by atoms with Crippen molar-refractivity contribution in [2.45, 2.75) is 25.9 Å². The van der Waals surface area contributed by atoms with Crippen LogP contribution in [0.3, 0.4) is 0 Å². The zero-order valence-electron chi connectivity index (χ0n) is 9.54. The second-order valence-corrected chi connectivity index (χ2v) is 4.45. The Morgan fingerprint density at radius 2 is 2.35 bits per heavy atom. The van der Waals surface area contributed by atoms with Gasteiger partial charge in [-0.1, -0.05) is 13.0 Å². The topological polar surface area (TPSA) is 76.3 Å². The minimum atomic E-state index is -0.512. The van der Waals surface area contributed by atoms with Crippen LogP contribution in [0.1, 0.15) is 25.3 Å². The van der Waals surface area contributed by atoms with Gasteiger partial charge in [-0.3, -0.25) is 15.1 Å². The summed E-state index contributed by atoms with van der Waals surface area (Å²) in [5, 5.41) is 20.6. The molecule has 2 rings (SSSR count). The maximum atomic E-state index is 10.9. The van der Waals surface area contributed by atoms with E-state index in [1.165, 1.54) is 12.4 Å². The lowest BCUT2D eigenvalue weighted by Crippen LogP contribution is -2.16. The van der Waals surface area contributed by atoms with Gasteiger partial charge < -0.3 is 5.11 Å². The Kier molecular flexibility index (Phi) is 3.19. The third kappa shape index (κ3) is 2.50. The molecule has 0 aromatic carbocycles. The molecule has 0 saturated carbocycles. The van der Waals surface area contributed by atoms with Crippen molar-refractivity contribution in [2.75, 3.05) is 0 Å². The third-order valence-corrected chi connectivity index (χ3v) is 2.95. The zero-order chi connectivity index (χ0) is 12.4. The van der Waals surface area contributed by atoms with Crippen molar-refractivity contribution in [1.29, 1.82) is 0 Å². The molecule has 1 aromatic heterocycles. The van der Waals surface area contributed by atoms with Crippen molar-refractivity contribution in [1.82, 2.24) is 4.98 Å². The number of hydrogen-bond acceptors (Lipinski definition) is 4. The van der Waals surface area contributed by atoms with Crippen LogP contribution in [-0.2, 0) is 0 Å². The van der Waals surface area contributed by atoms with E-state index < -0.39 is 11.0 Å². The smallest absolute Gasteiger partial charge is 0.294 e. The summed E-state index contributed by atoms with van der Waals surface area (Å²) < 4.78 is 0. The molecule has 0 fully saturated rings. The maximum Gasteiger partial charge on any atom is 0.294 e. The molecule has 0 spiro atoms. The SMILES string of the molecule is CC1CC(c2ccncc2[N+](=O)[O-])=C[C@@H](O)C1. The molecule has 1 aromatic rings. The summed E-state index contributed by atoms with van der Waals surface area (Å²) in [6.45, 7) is 2.03. The van der Waals surface area contributed by atoms with Crippen LogP contribution in [0.5, 0.6) is 0 Å². The number of hydrogen-bond donors (Lipinski definition) is 1. The Bertz CT molecular complexity index is 471. The second kappa shape index (κ2) is 4.63. The molecule has 90 valence electrons. The molecular formula is C12H14N2O3. The van der Waals surface area contributed by atoms with E-state index in [0.717, 1.165) is 12.0 Å². The summed E-state index contributed by atoms with van der Waals surface area (Å²) in [6.07, 6.45) is 5.45. The average molecular weight is 234 g/mol. The van der Waals surface area contributed by atoms with Gasteiger partial charge in [0.1, 0.15) is 6.20 Å². The van der Waals surface area contributed by atoms with Gasteiger partial charge in [0.05, 0.1) is 16.6 Å². The minimum Gasteiger partial charge on any atom is -0.389 e. The minimum absolute atomic E-state index is 0.0000463. The monoisotopic (exact) mass is 234 g/mol. The molecule has 1 aliphatic rings. The number of aliphatic hydroxyl groups excluding tert-OH is 1. The van der Waals surface area contributed by atoms with Crippen molar-refractivity contribution in [3.8, 4) is 0 Å². The van der Waals surface area contributed by atoms with E-state index in [1.54, 1.807) is 12.1 Å². The highest BCUT2D eigenvalue weighted by Crippen LogP contribution is 2.34. The van der Waals surface area contributed by atoms with E-state index >= 15 is 0 Å². The summed E-state index contributed by atoms with van der Waals surface area (Å²) in [5.74, 6) is 0.331. The Morgan fingerprint density at radius 3 is 3.00 bits per heavy atom. The number of pyridine rings is 1. The van der Waals surface area contributed by atoms with Gasteiger partial charge in [-0.2, -0.15) is 0 Å². The normalized spacial score (nSPS) is 24.2. The molecule has 0 bridgehead atoms. The van der Waals surface area contributed by atoms with Crippen LogP contribution in [0.25, 0.3) is 5.57 Å². The first-order valence-corrected chi connectivity index (χ1v) is 5.55. The third-order valence-electron chi connectivity index (χ3n) is 2.95. The van der Waals surface area contributed by atoms with Crippen LogP contribution in [0.4, 0.5) is 5.69 Å². The Hall–Kier alpha value is -1.75. The molecule has 17 heavy (non-hydrogen) atoms. The first-order valence-electron chi connectivity index (χ1n) is 5.55. The van der Waals surface area contributed by atoms with Crippen LogP contribution >= 0.6 is 0 Å². The zero-order valence-corrected chi connectivity index (χ0v) is 9.54. The molecule has 1 aliphatic carbocycles. The fourth-order valence-corrected chi connectivity index (χ4v) is 2.24. The van der Waals surface area contributed by atoms with Crippen molar-refractivity contribution in [3.05, 3.63) is 40.2 Å². The summed E-state index contributed by atoms with van der Waals surface area (Å²) in [5.41, 5.74) is 1.40. The van der Waals surface area contributed by atoms with E-state index in [9.17, 15) is 15.2 Å². The van der Waals surface area contributed by atoms with Gasteiger partial charge in [-0.05, 0) is 30.4 Å². The number of rotatable bonds is 2. The van der Waals surface area contributed by atoms with E-state index in [4.69, 9.17) is 0 Å². The highest BCUT2D eigenvalue weighted by molar-refractivity contribution is 5.73. The summed E-state index contributed by atoms with van der Waals surface area (Å²) in [6, 6.07) is 1.63. The molecule has 1 heterocycles. The Morgan fingerprint density at radius 1 is 1.59 bits per heavy atom. The Labute approximate surface area is 99.0 Å². The predicted molar refractivity (Wildman–Crippen MR) is 63.3 cm³/mol. The van der Waals surface area contributed by atoms with Crippen molar-refractivity contribution in [2.24, 2.45) is 5.92 Å². The second-order valence-electron chi connectivity index (χ2n) is 4.45. The Balaban J connectivity index is 2.43. The molecule has 5 nitrogen and oxygen atoms in total. The number of aliphatic hydroxyl groups is 1. The molecule has 0 aliphatic heterocycles. The lowest BCUT2D eigenvalue weighted by atomic mass is 9.85. The quantitative estimate of drug-likeness (QED) is 0.628. The molecule has 1 unspecified atom stereocenters. The van der Waals surface area contributed by atoms with Gasteiger partial charge in [-0.25, -0.2) is 0 Å². The molecule has 0 amide bonds. The van der Waals surface area contributed by atoms with Crippen LogP contribution in [0.15, 0.2) is 24.5 Å². The van der Waals surface area contributed by atoms with Crippen LogP contribution in [0.2, 0.25) is 0 Å². The highest BCUT2D eigenvalue weighted by atomic mass is 16.6. The van der Waals surface area contributed by atoms with Gasteiger partial charge in [0.15, 0.2) is 0 Å². The molecule has 2 atom stereocenters. The van der Waals surface area contributed by atoms with Gasteiger partial charge in [0.2, 0.25) is 0 Å². The van der Waals surface area contributed by atoms with Crippen LogP contribution < -0.4 is 0 Å². The van der Waals surface area contributed by atoms with E-state index in [1.807, 2.05) is 6.92 Å². The fraction of sp³-hybridized carbons (Fsp3) is 0.417. The highest BCUT2D eigenvalue weighted by Gasteiger charge is 2.23. The predicted octanol–water partition coefficient (Wildman–Crippen LogP) is 2.16. The van der Waals surface area contributed by atoms with Gasteiger partial charge in [-0.15, -0.1) is 0 Å². The van der Waals surface area contributed by atoms with Crippen molar-refractivity contribution in [3.63, 3.8) is 0 Å². The van der Waals surface area contributed by atoms with Gasteiger partial charge in [0, 0.05) is 6.20 Å². The molecular weight excluding hydrogens is 220 g/mol. The first-order chi connectivity index (χ1) is 8.08. The van der Waals surface area contributed by atoms with E-state index in [0.29, 0.717) is 17.9 Å². The lowest BCUT2D eigenvalue weighted by molar-refractivity contribution is -0.385. The molecule has 0 saturated heterocycles. The molecule has 1 N–H and O–H groups in total.